The fourth-order valence-electron chi connectivity index (χ4n) is 2.56. The van der Waals surface area contributed by atoms with Gasteiger partial charge in [-0.3, -0.25) is 0 Å². The third kappa shape index (κ3) is 1.48. The van der Waals surface area contributed by atoms with Crippen molar-refractivity contribution in [3.63, 3.8) is 0 Å². The SMILES string of the molecule is Nc1ncnc2c1c(F)cn2C1CCC[C@H]1O. The third-order valence-electron chi connectivity index (χ3n) is 3.39. The van der Waals surface area contributed by atoms with E-state index in [1.165, 1.54) is 12.5 Å². The van der Waals surface area contributed by atoms with Gasteiger partial charge in [0.2, 0.25) is 0 Å². The normalized spacial score (nSPS) is 24.6. The van der Waals surface area contributed by atoms with Crippen molar-refractivity contribution in [3.8, 4) is 0 Å². The van der Waals surface area contributed by atoms with Gasteiger partial charge in [-0.25, -0.2) is 14.4 Å². The van der Waals surface area contributed by atoms with Crippen LogP contribution in [0.4, 0.5) is 10.2 Å². The zero-order valence-electron chi connectivity index (χ0n) is 9.17. The van der Waals surface area contributed by atoms with Crippen LogP contribution in [0.2, 0.25) is 0 Å². The fraction of sp³-hybridized carbons (Fsp3) is 0.455. The Labute approximate surface area is 97.1 Å². The van der Waals surface area contributed by atoms with Gasteiger partial charge in [0.05, 0.1) is 17.5 Å². The predicted octanol–water partition coefficient (Wildman–Crippen LogP) is 1.24. The largest absolute Gasteiger partial charge is 0.391 e. The number of fused-ring (bicyclic) bond motifs is 1. The van der Waals surface area contributed by atoms with Crippen molar-refractivity contribution >= 4 is 16.9 Å². The Morgan fingerprint density at radius 3 is 2.94 bits per heavy atom. The summed E-state index contributed by atoms with van der Waals surface area (Å²) in [7, 11) is 0. The number of aromatic nitrogens is 3. The molecule has 90 valence electrons. The highest BCUT2D eigenvalue weighted by molar-refractivity contribution is 5.86. The number of aliphatic hydroxyl groups is 1. The summed E-state index contributed by atoms with van der Waals surface area (Å²) in [5, 5.41) is 10.1. The molecule has 0 saturated heterocycles. The van der Waals surface area contributed by atoms with Crippen molar-refractivity contribution < 1.29 is 9.50 Å². The third-order valence-corrected chi connectivity index (χ3v) is 3.39. The highest BCUT2D eigenvalue weighted by Gasteiger charge is 2.29. The minimum Gasteiger partial charge on any atom is -0.391 e. The fourth-order valence-corrected chi connectivity index (χ4v) is 2.56. The Morgan fingerprint density at radius 1 is 1.41 bits per heavy atom. The molecule has 2 atom stereocenters. The quantitative estimate of drug-likeness (QED) is 0.781. The molecule has 6 heteroatoms. The van der Waals surface area contributed by atoms with E-state index < -0.39 is 11.9 Å². The van der Waals surface area contributed by atoms with Crippen molar-refractivity contribution in [2.24, 2.45) is 0 Å². The van der Waals surface area contributed by atoms with E-state index in [2.05, 4.69) is 9.97 Å². The molecule has 0 aromatic carbocycles. The van der Waals surface area contributed by atoms with Crippen molar-refractivity contribution in [1.82, 2.24) is 14.5 Å². The summed E-state index contributed by atoms with van der Waals surface area (Å²) in [6, 6.07) is -0.115. The van der Waals surface area contributed by atoms with Gasteiger partial charge in [-0.2, -0.15) is 0 Å². The average Bonchev–Trinajstić information content (AvgIpc) is 2.84. The first-order valence-electron chi connectivity index (χ1n) is 5.63. The highest BCUT2D eigenvalue weighted by atomic mass is 19.1. The van der Waals surface area contributed by atoms with Crippen LogP contribution in [0, 0.1) is 5.82 Å². The van der Waals surface area contributed by atoms with E-state index in [4.69, 9.17) is 5.73 Å². The van der Waals surface area contributed by atoms with E-state index in [-0.39, 0.29) is 17.2 Å². The maximum absolute atomic E-state index is 13.8. The van der Waals surface area contributed by atoms with Crippen molar-refractivity contribution in [2.75, 3.05) is 5.73 Å². The number of hydrogen-bond acceptors (Lipinski definition) is 4. The number of rotatable bonds is 1. The van der Waals surface area contributed by atoms with Crippen LogP contribution in [-0.2, 0) is 0 Å². The molecule has 17 heavy (non-hydrogen) atoms. The maximum atomic E-state index is 13.8. The molecule has 3 N–H and O–H groups in total. The summed E-state index contributed by atoms with van der Waals surface area (Å²) in [4.78, 5) is 7.84. The molecule has 2 heterocycles. The molecule has 2 aromatic rings. The van der Waals surface area contributed by atoms with Crippen molar-refractivity contribution in [3.05, 3.63) is 18.3 Å². The molecule has 0 amide bonds. The van der Waals surface area contributed by atoms with Crippen LogP contribution in [0.25, 0.3) is 11.0 Å². The van der Waals surface area contributed by atoms with Gasteiger partial charge in [0.1, 0.15) is 17.8 Å². The molecule has 0 spiro atoms. The first kappa shape index (κ1) is 10.5. The summed E-state index contributed by atoms with van der Waals surface area (Å²) in [6.45, 7) is 0. The lowest BCUT2D eigenvalue weighted by Crippen LogP contribution is -2.17. The van der Waals surface area contributed by atoms with Crippen LogP contribution in [0.3, 0.4) is 0 Å². The second-order valence-corrected chi connectivity index (χ2v) is 4.41. The Bertz CT molecular complexity index is 568. The van der Waals surface area contributed by atoms with E-state index in [1.807, 2.05) is 0 Å². The molecular formula is C11H13FN4O. The van der Waals surface area contributed by atoms with Crippen LogP contribution in [0.15, 0.2) is 12.5 Å². The molecular weight excluding hydrogens is 223 g/mol. The van der Waals surface area contributed by atoms with Gasteiger partial charge in [-0.05, 0) is 19.3 Å². The van der Waals surface area contributed by atoms with Crippen LogP contribution in [-0.4, -0.2) is 25.7 Å². The molecule has 5 nitrogen and oxygen atoms in total. The van der Waals surface area contributed by atoms with Gasteiger partial charge in [0, 0.05) is 6.20 Å². The molecule has 3 rings (SSSR count). The predicted molar refractivity (Wildman–Crippen MR) is 60.8 cm³/mol. The minimum absolute atomic E-state index is 0.115. The van der Waals surface area contributed by atoms with E-state index in [0.717, 1.165) is 19.3 Å². The number of nitrogens with zero attached hydrogens (tertiary/aromatic N) is 3. The molecule has 1 aliphatic rings. The maximum Gasteiger partial charge on any atom is 0.154 e. The zero-order valence-corrected chi connectivity index (χ0v) is 9.17. The monoisotopic (exact) mass is 236 g/mol. The van der Waals surface area contributed by atoms with Crippen molar-refractivity contribution in [1.29, 1.82) is 0 Å². The molecule has 1 aliphatic carbocycles. The summed E-state index contributed by atoms with van der Waals surface area (Å²) in [5.74, 6) is -0.295. The number of anilines is 1. The lowest BCUT2D eigenvalue weighted by Gasteiger charge is -2.16. The van der Waals surface area contributed by atoms with Gasteiger partial charge in [-0.15, -0.1) is 0 Å². The lowest BCUT2D eigenvalue weighted by atomic mass is 10.2. The van der Waals surface area contributed by atoms with Crippen molar-refractivity contribution in [2.45, 2.75) is 31.4 Å². The summed E-state index contributed by atoms with van der Waals surface area (Å²) < 4.78 is 15.5. The molecule has 0 aliphatic heterocycles. The topological polar surface area (TPSA) is 77.0 Å². The lowest BCUT2D eigenvalue weighted by molar-refractivity contribution is 0.138. The van der Waals surface area contributed by atoms with Crippen LogP contribution < -0.4 is 5.73 Å². The van der Waals surface area contributed by atoms with Gasteiger partial charge in [0.25, 0.3) is 0 Å². The smallest absolute Gasteiger partial charge is 0.154 e. The van der Waals surface area contributed by atoms with Crippen LogP contribution in [0.5, 0.6) is 0 Å². The second kappa shape index (κ2) is 3.66. The van der Waals surface area contributed by atoms with Crippen LogP contribution in [0.1, 0.15) is 25.3 Å². The Morgan fingerprint density at radius 2 is 2.24 bits per heavy atom. The molecule has 0 radical (unpaired) electrons. The molecule has 1 unspecified atom stereocenters. The molecule has 1 fully saturated rings. The van der Waals surface area contributed by atoms with E-state index in [9.17, 15) is 9.50 Å². The number of aliphatic hydroxyl groups excluding tert-OH is 1. The van der Waals surface area contributed by atoms with E-state index in [0.29, 0.717) is 5.65 Å². The number of nitrogens with two attached hydrogens (primary N) is 1. The number of hydrogen-bond donors (Lipinski definition) is 2. The minimum atomic E-state index is -0.443. The van der Waals surface area contributed by atoms with Gasteiger partial charge < -0.3 is 15.4 Å². The highest BCUT2D eigenvalue weighted by Crippen LogP contribution is 2.34. The zero-order chi connectivity index (χ0) is 12.0. The van der Waals surface area contributed by atoms with Crippen LogP contribution >= 0.6 is 0 Å². The Kier molecular flexibility index (Phi) is 2.25. The first-order valence-corrected chi connectivity index (χ1v) is 5.63. The molecule has 1 saturated carbocycles. The summed E-state index contributed by atoms with van der Waals surface area (Å²) in [5.41, 5.74) is 6.10. The number of nitrogen functional groups attached to an aromatic ring is 1. The van der Waals surface area contributed by atoms with E-state index >= 15 is 0 Å². The number of halogens is 1. The second-order valence-electron chi connectivity index (χ2n) is 4.41. The molecule has 2 aromatic heterocycles. The Balaban J connectivity index is 2.20. The van der Waals surface area contributed by atoms with Gasteiger partial charge >= 0.3 is 0 Å². The Hall–Kier alpha value is -1.69. The van der Waals surface area contributed by atoms with Gasteiger partial charge in [-0.1, -0.05) is 0 Å². The molecule has 0 bridgehead atoms. The average molecular weight is 236 g/mol. The first-order chi connectivity index (χ1) is 8.18. The van der Waals surface area contributed by atoms with E-state index in [1.54, 1.807) is 4.57 Å². The summed E-state index contributed by atoms with van der Waals surface area (Å²) >= 11 is 0. The summed E-state index contributed by atoms with van der Waals surface area (Å²) in [6.07, 6.45) is 4.74. The van der Waals surface area contributed by atoms with Gasteiger partial charge in [0.15, 0.2) is 5.82 Å². The standard InChI is InChI=1S/C11H13FN4O/c12-6-4-16(7-2-1-3-8(7)17)11-9(6)10(13)14-5-15-11/h4-5,7-8,17H,1-3H2,(H2,13,14,15)/t7?,8-/m1/s1.